The number of aromatic nitrogens is 2. The second-order valence-electron chi connectivity index (χ2n) is 14.1. The maximum Gasteiger partial charge on any atom is 0.0780 e. The van der Waals surface area contributed by atoms with E-state index in [4.69, 9.17) is 9.97 Å². The summed E-state index contributed by atoms with van der Waals surface area (Å²) in [7, 11) is 0. The molecule has 0 saturated carbocycles. The molecule has 0 saturated heterocycles. The van der Waals surface area contributed by atoms with E-state index in [0.29, 0.717) is 0 Å². The van der Waals surface area contributed by atoms with Crippen molar-refractivity contribution in [1.82, 2.24) is 9.97 Å². The molecule has 0 unspecified atom stereocenters. The minimum Gasteiger partial charge on any atom is -0.256 e. The van der Waals surface area contributed by atoms with Crippen LogP contribution < -0.4 is 0 Å². The summed E-state index contributed by atoms with van der Waals surface area (Å²) in [4.78, 5) is 12.8. The van der Waals surface area contributed by atoms with Gasteiger partial charge < -0.3 is 0 Å². The Morgan fingerprint density at radius 2 is 0.944 bits per heavy atom. The maximum atomic E-state index is 5.37. The van der Waals surface area contributed by atoms with E-state index in [9.17, 15) is 0 Å². The molecule has 7 aromatic carbocycles. The van der Waals surface area contributed by atoms with E-state index in [1.807, 2.05) is 24.0 Å². The molecule has 1 aliphatic heterocycles. The third-order valence-electron chi connectivity index (χ3n) is 11.2. The topological polar surface area (TPSA) is 25.8 Å². The van der Waals surface area contributed by atoms with Gasteiger partial charge in [0, 0.05) is 38.1 Å². The molecular formula is C51H32N2S. The van der Waals surface area contributed by atoms with Crippen LogP contribution in [0.15, 0.2) is 204 Å². The minimum absolute atomic E-state index is 0.535. The molecule has 0 amide bonds. The van der Waals surface area contributed by atoms with Gasteiger partial charge in [-0.3, -0.25) is 4.98 Å². The highest BCUT2D eigenvalue weighted by atomic mass is 32.2. The van der Waals surface area contributed by atoms with Crippen LogP contribution in [-0.2, 0) is 5.41 Å². The second-order valence-corrected chi connectivity index (χ2v) is 15.2. The summed E-state index contributed by atoms with van der Waals surface area (Å²) < 4.78 is 0. The molecule has 2 aromatic heterocycles. The van der Waals surface area contributed by atoms with Crippen LogP contribution >= 0.6 is 11.8 Å². The average molecular weight is 705 g/mol. The summed E-state index contributed by atoms with van der Waals surface area (Å²) in [5, 5.41) is 1.14. The number of para-hydroxylation sites is 1. The first-order chi connectivity index (χ1) is 26.8. The largest absolute Gasteiger partial charge is 0.256 e. The van der Waals surface area contributed by atoms with E-state index in [2.05, 4.69) is 182 Å². The number of hydrogen-bond donors (Lipinski definition) is 0. The van der Waals surface area contributed by atoms with Crippen LogP contribution in [0, 0.1) is 0 Å². The first-order valence-electron chi connectivity index (χ1n) is 18.4. The zero-order chi connectivity index (χ0) is 35.6. The van der Waals surface area contributed by atoms with Gasteiger partial charge in [0.25, 0.3) is 0 Å². The van der Waals surface area contributed by atoms with Gasteiger partial charge in [0.1, 0.15) is 0 Å². The van der Waals surface area contributed by atoms with Crippen LogP contribution in [0.3, 0.4) is 0 Å². The van der Waals surface area contributed by atoms with E-state index in [1.165, 1.54) is 54.3 Å². The zero-order valence-electron chi connectivity index (χ0n) is 29.3. The molecule has 11 rings (SSSR count). The summed E-state index contributed by atoms with van der Waals surface area (Å²) in [6.45, 7) is 0. The molecule has 2 aliphatic rings. The molecule has 0 radical (unpaired) electrons. The molecule has 3 heterocycles. The molecule has 252 valence electrons. The van der Waals surface area contributed by atoms with Crippen LogP contribution in [-0.4, -0.2) is 9.97 Å². The van der Waals surface area contributed by atoms with Gasteiger partial charge in [0.2, 0.25) is 0 Å². The lowest BCUT2D eigenvalue weighted by Crippen LogP contribution is -2.32. The highest BCUT2D eigenvalue weighted by molar-refractivity contribution is 7.99. The lowest BCUT2D eigenvalue weighted by atomic mass is 9.67. The Hall–Kier alpha value is -6.55. The summed E-state index contributed by atoms with van der Waals surface area (Å²) in [6, 6.07) is 68.4. The van der Waals surface area contributed by atoms with E-state index in [1.54, 1.807) is 0 Å². The highest BCUT2D eigenvalue weighted by Gasteiger charge is 2.50. The monoisotopic (exact) mass is 704 g/mol. The molecule has 0 atom stereocenters. The summed E-state index contributed by atoms with van der Waals surface area (Å²) in [5.74, 6) is 0. The quantitative estimate of drug-likeness (QED) is 0.182. The minimum atomic E-state index is -0.535. The zero-order valence-corrected chi connectivity index (χ0v) is 30.1. The average Bonchev–Trinajstić information content (AvgIpc) is 3.53. The summed E-state index contributed by atoms with van der Waals surface area (Å²) in [5.41, 5.74) is 17.0. The lowest BCUT2D eigenvalue weighted by molar-refractivity contribution is 0.723. The van der Waals surface area contributed by atoms with Gasteiger partial charge in [-0.05, 0) is 92.5 Å². The van der Waals surface area contributed by atoms with E-state index < -0.39 is 5.41 Å². The molecule has 1 spiro atoms. The van der Waals surface area contributed by atoms with Crippen molar-refractivity contribution in [2.45, 2.75) is 15.2 Å². The smallest absolute Gasteiger partial charge is 0.0780 e. The second kappa shape index (κ2) is 12.3. The van der Waals surface area contributed by atoms with Crippen LogP contribution in [0.5, 0.6) is 0 Å². The van der Waals surface area contributed by atoms with Crippen LogP contribution in [0.25, 0.3) is 66.8 Å². The number of pyridine rings is 2. The van der Waals surface area contributed by atoms with Gasteiger partial charge >= 0.3 is 0 Å². The van der Waals surface area contributed by atoms with Crippen molar-refractivity contribution in [2.24, 2.45) is 0 Å². The van der Waals surface area contributed by atoms with Crippen molar-refractivity contribution >= 4 is 22.7 Å². The fraction of sp³-hybridized carbons (Fsp3) is 0.0196. The fourth-order valence-electron chi connectivity index (χ4n) is 8.80. The SMILES string of the molecule is c1ccc(-c2cc(-c3ccccc3)nc(-c3ccc4c(c3)C3(c5ccccc5Sc5ccccc53)c3cc(-c5cccc6cccnc56)ccc3-4)c2)cc1. The number of rotatable bonds is 4. The third-order valence-corrected chi connectivity index (χ3v) is 12.3. The van der Waals surface area contributed by atoms with Gasteiger partial charge in [-0.1, -0.05) is 157 Å². The molecule has 3 heteroatoms. The van der Waals surface area contributed by atoms with Crippen LogP contribution in [0.4, 0.5) is 0 Å². The Kier molecular flexibility index (Phi) is 7.05. The van der Waals surface area contributed by atoms with Crippen molar-refractivity contribution in [3.8, 4) is 55.9 Å². The number of benzene rings is 7. The van der Waals surface area contributed by atoms with Crippen molar-refractivity contribution in [3.63, 3.8) is 0 Å². The third kappa shape index (κ3) is 4.68. The Bertz CT molecular complexity index is 2810. The van der Waals surface area contributed by atoms with Crippen molar-refractivity contribution in [1.29, 1.82) is 0 Å². The van der Waals surface area contributed by atoms with Crippen molar-refractivity contribution in [3.05, 3.63) is 217 Å². The first-order valence-corrected chi connectivity index (χ1v) is 19.2. The van der Waals surface area contributed by atoms with E-state index in [0.717, 1.165) is 44.5 Å². The lowest BCUT2D eigenvalue weighted by Gasteiger charge is -2.40. The van der Waals surface area contributed by atoms with Gasteiger partial charge in [0.15, 0.2) is 0 Å². The standard InChI is InChI=1S/C51H32N2S/c1-3-13-33(14-4-1)38-31-46(34-15-5-2-6-16-34)53-47(32-38)37-25-27-41-40-26-24-36(39-19-11-17-35-18-12-28-52-50(35)39)29-44(40)51(45(41)30-37)42-20-7-9-22-48(42)54-49-23-10-8-21-43(49)51/h1-32H. The number of fused-ring (bicyclic) bond motifs is 10. The number of nitrogens with zero attached hydrogens (tertiary/aromatic N) is 2. The van der Waals surface area contributed by atoms with Gasteiger partial charge in [-0.2, -0.15) is 0 Å². The predicted octanol–water partition coefficient (Wildman–Crippen LogP) is 13.1. The summed E-state index contributed by atoms with van der Waals surface area (Å²) >= 11 is 1.87. The molecule has 0 fully saturated rings. The van der Waals surface area contributed by atoms with E-state index >= 15 is 0 Å². The fourth-order valence-corrected chi connectivity index (χ4v) is 9.99. The predicted molar refractivity (Wildman–Crippen MR) is 223 cm³/mol. The Labute approximate surface area is 318 Å². The van der Waals surface area contributed by atoms with Crippen molar-refractivity contribution < 1.29 is 0 Å². The van der Waals surface area contributed by atoms with Gasteiger partial charge in [-0.25, -0.2) is 4.98 Å². The molecule has 2 nitrogen and oxygen atoms in total. The number of hydrogen-bond acceptors (Lipinski definition) is 3. The van der Waals surface area contributed by atoms with Crippen LogP contribution in [0.2, 0.25) is 0 Å². The van der Waals surface area contributed by atoms with Gasteiger partial charge in [0.05, 0.1) is 22.3 Å². The van der Waals surface area contributed by atoms with Crippen molar-refractivity contribution in [2.75, 3.05) is 0 Å². The molecule has 54 heavy (non-hydrogen) atoms. The molecule has 0 N–H and O–H groups in total. The Morgan fingerprint density at radius 3 is 1.65 bits per heavy atom. The van der Waals surface area contributed by atoms with E-state index in [-0.39, 0.29) is 0 Å². The highest BCUT2D eigenvalue weighted by Crippen LogP contribution is 2.63. The molecule has 9 aromatic rings. The molecule has 0 bridgehead atoms. The van der Waals surface area contributed by atoms with Crippen LogP contribution in [0.1, 0.15) is 22.3 Å². The summed E-state index contributed by atoms with van der Waals surface area (Å²) in [6.07, 6.45) is 1.90. The Balaban J connectivity index is 1.19. The molecule has 1 aliphatic carbocycles. The Morgan fingerprint density at radius 1 is 0.370 bits per heavy atom. The van der Waals surface area contributed by atoms with Gasteiger partial charge in [-0.15, -0.1) is 0 Å². The first kappa shape index (κ1) is 31.0. The normalized spacial score (nSPS) is 13.3. The molecular weight excluding hydrogens is 673 g/mol. The maximum absolute atomic E-state index is 5.37.